The van der Waals surface area contributed by atoms with Gasteiger partial charge in [-0.1, -0.05) is 18.2 Å². The van der Waals surface area contributed by atoms with E-state index >= 15 is 0 Å². The normalized spacial score (nSPS) is 15.3. The van der Waals surface area contributed by atoms with E-state index in [1.165, 1.54) is 12.1 Å². The Morgan fingerprint density at radius 2 is 1.85 bits per heavy atom. The van der Waals surface area contributed by atoms with Crippen molar-refractivity contribution in [2.45, 2.75) is 6.92 Å². The second-order valence-electron chi connectivity index (χ2n) is 5.80. The summed E-state index contributed by atoms with van der Waals surface area (Å²) in [6, 6.07) is 11.1. The van der Waals surface area contributed by atoms with Gasteiger partial charge in [0.2, 0.25) is 0 Å². The molecule has 27 heavy (non-hydrogen) atoms. The molecule has 2 aromatic carbocycles. The number of aromatic hydroxyl groups is 1. The number of nitrogens with one attached hydrogen (secondary N) is 3. The van der Waals surface area contributed by atoms with Crippen LogP contribution in [-0.2, 0) is 15.0 Å². The molecule has 0 aliphatic carbocycles. The molecule has 0 bridgehead atoms. The molecule has 1 fully saturated rings. The number of anilines is 2. The highest BCUT2D eigenvalue weighted by Crippen LogP contribution is 2.35. The first kappa shape index (κ1) is 18.5. The highest BCUT2D eigenvalue weighted by atomic mass is 32.2. The van der Waals surface area contributed by atoms with Crippen molar-refractivity contribution < 1.29 is 23.1 Å². The van der Waals surface area contributed by atoms with Crippen LogP contribution in [0, 0.1) is 0 Å². The van der Waals surface area contributed by atoms with Crippen molar-refractivity contribution in [1.29, 1.82) is 0 Å². The van der Waals surface area contributed by atoms with Gasteiger partial charge in [0.1, 0.15) is 12.3 Å². The average molecular weight is 390 g/mol. The van der Waals surface area contributed by atoms with Crippen molar-refractivity contribution in [1.82, 2.24) is 10.0 Å². The Hall–Kier alpha value is -3.27. The maximum atomic E-state index is 12.0. The van der Waals surface area contributed by atoms with Crippen LogP contribution in [0.2, 0.25) is 0 Å². The summed E-state index contributed by atoms with van der Waals surface area (Å²) in [5, 5.41) is 15.4. The van der Waals surface area contributed by atoms with Gasteiger partial charge in [-0.15, -0.1) is 0 Å². The molecule has 1 aliphatic rings. The summed E-state index contributed by atoms with van der Waals surface area (Å²) >= 11 is 0. The second kappa shape index (κ2) is 7.16. The number of benzene rings is 2. The van der Waals surface area contributed by atoms with E-state index in [-0.39, 0.29) is 17.5 Å². The van der Waals surface area contributed by atoms with Crippen LogP contribution in [0.3, 0.4) is 0 Å². The van der Waals surface area contributed by atoms with Crippen molar-refractivity contribution in [3.05, 3.63) is 42.5 Å². The third kappa shape index (κ3) is 3.95. The first-order chi connectivity index (χ1) is 12.8. The van der Waals surface area contributed by atoms with Crippen LogP contribution in [0.15, 0.2) is 42.5 Å². The molecule has 3 amide bonds. The summed E-state index contributed by atoms with van der Waals surface area (Å²) in [6.45, 7) is 1.93. The zero-order valence-electron chi connectivity index (χ0n) is 14.4. The molecule has 2 aromatic rings. The van der Waals surface area contributed by atoms with Crippen LogP contribution >= 0.6 is 0 Å². The van der Waals surface area contributed by atoms with Crippen LogP contribution in [0.1, 0.15) is 6.92 Å². The molecule has 9 nitrogen and oxygen atoms in total. The van der Waals surface area contributed by atoms with Crippen LogP contribution in [0.5, 0.6) is 5.75 Å². The van der Waals surface area contributed by atoms with Crippen LogP contribution in [0.4, 0.5) is 16.2 Å². The van der Waals surface area contributed by atoms with Gasteiger partial charge in [0.05, 0.1) is 5.69 Å². The van der Waals surface area contributed by atoms with Crippen molar-refractivity contribution in [3.63, 3.8) is 0 Å². The van der Waals surface area contributed by atoms with E-state index in [1.54, 1.807) is 30.3 Å². The second-order valence-corrected chi connectivity index (χ2v) is 7.40. The third-order valence-electron chi connectivity index (χ3n) is 3.88. The van der Waals surface area contributed by atoms with Gasteiger partial charge < -0.3 is 15.7 Å². The van der Waals surface area contributed by atoms with Crippen LogP contribution in [0.25, 0.3) is 11.1 Å². The van der Waals surface area contributed by atoms with E-state index in [4.69, 9.17) is 0 Å². The molecule has 10 heteroatoms. The molecule has 1 saturated heterocycles. The standard InChI is InChI=1S/C17H18N4O5S/c1-2-18-17(24)19-13-6-3-11(4-7-13)12-5-8-15(22)14(9-12)21-10-16(23)20-27(21,25)26/h3-9,22H,2,10H2,1H3,(H,20,23)(H2,18,19,24). The lowest BCUT2D eigenvalue weighted by Crippen LogP contribution is -2.29. The number of phenols is 1. The minimum atomic E-state index is -4.02. The maximum absolute atomic E-state index is 12.0. The Bertz CT molecular complexity index is 989. The number of amides is 3. The molecule has 0 saturated carbocycles. The van der Waals surface area contributed by atoms with Gasteiger partial charge in [-0.25, -0.2) is 13.8 Å². The Morgan fingerprint density at radius 1 is 1.19 bits per heavy atom. The van der Waals surface area contributed by atoms with E-state index in [0.717, 1.165) is 9.87 Å². The number of urea groups is 1. The predicted octanol–water partition coefficient (Wildman–Crippen LogP) is 1.38. The Morgan fingerprint density at radius 3 is 2.44 bits per heavy atom. The summed E-state index contributed by atoms with van der Waals surface area (Å²) < 4.78 is 26.7. The topological polar surface area (TPSA) is 128 Å². The summed E-state index contributed by atoms with van der Waals surface area (Å²) in [5.41, 5.74) is 1.99. The first-order valence-electron chi connectivity index (χ1n) is 8.12. The van der Waals surface area contributed by atoms with Gasteiger partial charge in [-0.3, -0.25) is 4.79 Å². The largest absolute Gasteiger partial charge is 0.506 e. The molecule has 1 heterocycles. The fourth-order valence-corrected chi connectivity index (χ4v) is 3.80. The number of carbonyl (C=O) groups excluding carboxylic acids is 2. The third-order valence-corrected chi connectivity index (χ3v) is 5.27. The highest BCUT2D eigenvalue weighted by Gasteiger charge is 2.35. The molecule has 4 N–H and O–H groups in total. The van der Waals surface area contributed by atoms with Crippen molar-refractivity contribution in [2.75, 3.05) is 22.7 Å². The monoisotopic (exact) mass is 390 g/mol. The van der Waals surface area contributed by atoms with Gasteiger partial charge >= 0.3 is 16.2 Å². The fourth-order valence-electron chi connectivity index (χ4n) is 2.65. The lowest BCUT2D eigenvalue weighted by molar-refractivity contribution is -0.117. The fraction of sp³-hybridized carbons (Fsp3) is 0.176. The van der Waals surface area contributed by atoms with Gasteiger partial charge in [0, 0.05) is 12.2 Å². The van der Waals surface area contributed by atoms with Crippen molar-refractivity contribution in [3.8, 4) is 16.9 Å². The van der Waals surface area contributed by atoms with E-state index in [2.05, 4.69) is 10.6 Å². The van der Waals surface area contributed by atoms with Gasteiger partial charge in [-0.2, -0.15) is 8.42 Å². The Kier molecular flexibility index (Phi) is 4.91. The van der Waals surface area contributed by atoms with Crippen molar-refractivity contribution in [2.24, 2.45) is 0 Å². The van der Waals surface area contributed by atoms with Gasteiger partial charge in [0.15, 0.2) is 0 Å². The van der Waals surface area contributed by atoms with Crippen molar-refractivity contribution >= 4 is 33.5 Å². The van der Waals surface area contributed by atoms with Crippen LogP contribution < -0.4 is 19.7 Å². The summed E-state index contributed by atoms with van der Waals surface area (Å²) in [6.07, 6.45) is 0. The smallest absolute Gasteiger partial charge is 0.326 e. The zero-order valence-corrected chi connectivity index (χ0v) is 15.2. The first-order valence-corrected chi connectivity index (χ1v) is 9.56. The number of rotatable bonds is 4. The SMILES string of the molecule is CCNC(=O)Nc1ccc(-c2ccc(O)c(N3CC(=O)NS3(=O)=O)c2)cc1. The molecule has 0 unspecified atom stereocenters. The zero-order chi connectivity index (χ0) is 19.6. The summed E-state index contributed by atoms with van der Waals surface area (Å²) in [7, 11) is -4.02. The van der Waals surface area contributed by atoms with Crippen LogP contribution in [-0.4, -0.2) is 38.6 Å². The average Bonchev–Trinajstić information content (AvgIpc) is 2.88. The molecule has 0 spiro atoms. The van der Waals surface area contributed by atoms with Gasteiger partial charge in [0.25, 0.3) is 5.91 Å². The predicted molar refractivity (Wildman–Crippen MR) is 101 cm³/mol. The molecule has 3 rings (SSSR count). The molecular formula is C17H18N4O5S. The van der Waals surface area contributed by atoms with Gasteiger partial charge in [-0.05, 0) is 42.3 Å². The highest BCUT2D eigenvalue weighted by molar-refractivity contribution is 7.92. The molecule has 1 aliphatic heterocycles. The quantitative estimate of drug-likeness (QED) is 0.627. The molecule has 0 radical (unpaired) electrons. The summed E-state index contributed by atoms with van der Waals surface area (Å²) in [5.74, 6) is -0.922. The van der Waals surface area contributed by atoms with E-state index in [1.807, 2.05) is 11.6 Å². The van der Waals surface area contributed by atoms with E-state index in [9.17, 15) is 23.1 Å². The number of hydrogen-bond donors (Lipinski definition) is 4. The minimum absolute atomic E-state index is 0.00961. The lowest BCUT2D eigenvalue weighted by Gasteiger charge is -2.17. The Labute approximate surface area is 156 Å². The Balaban J connectivity index is 1.88. The molecular weight excluding hydrogens is 372 g/mol. The number of carbonyl (C=O) groups is 2. The molecule has 0 aromatic heterocycles. The molecule has 142 valence electrons. The van der Waals surface area contributed by atoms with E-state index in [0.29, 0.717) is 17.8 Å². The number of phenolic OH excluding ortho intramolecular Hbond substituents is 1. The number of nitrogens with zero attached hydrogens (tertiary/aromatic N) is 1. The lowest BCUT2D eigenvalue weighted by atomic mass is 10.0. The summed E-state index contributed by atoms with van der Waals surface area (Å²) in [4.78, 5) is 23.0. The van der Waals surface area contributed by atoms with E-state index < -0.39 is 22.7 Å². The number of hydrogen-bond acceptors (Lipinski definition) is 5. The maximum Gasteiger partial charge on any atom is 0.326 e. The minimum Gasteiger partial charge on any atom is -0.506 e. The molecule has 0 atom stereocenters.